The number of aliphatic carboxylic acids is 1. The summed E-state index contributed by atoms with van der Waals surface area (Å²) in [5.74, 6) is -1.12. The van der Waals surface area contributed by atoms with E-state index in [0.29, 0.717) is 0 Å². The third-order valence-electron chi connectivity index (χ3n) is 1.11. The van der Waals surface area contributed by atoms with Gasteiger partial charge in [-0.3, -0.25) is 9.59 Å². The highest BCUT2D eigenvalue weighted by Crippen LogP contribution is 2.07. The lowest BCUT2D eigenvalue weighted by Crippen LogP contribution is -2.43. The van der Waals surface area contributed by atoms with Gasteiger partial charge in [-0.05, 0) is 13.8 Å². The number of rotatable bonds is 3. The average Bonchev–Trinajstić information content (AvgIpc) is 1.53. The van der Waals surface area contributed by atoms with Crippen LogP contribution in [0, 0.1) is 0 Å². The second-order valence-electron chi connectivity index (χ2n) is 3.14. The van der Waals surface area contributed by atoms with E-state index in [0.717, 1.165) is 0 Å². The molecule has 0 atom stereocenters. The van der Waals surface area contributed by atoms with Crippen molar-refractivity contribution >= 4 is 11.9 Å². The van der Waals surface area contributed by atoms with Crippen LogP contribution in [0.15, 0.2) is 0 Å². The molecule has 2 N–H and O–H groups in total. The largest absolute Gasteiger partial charge is 0.481 e. The second-order valence-corrected chi connectivity index (χ2v) is 3.14. The SMILES string of the molecule is CC(=O)NC(C)(C)CC(=O)O. The van der Waals surface area contributed by atoms with Gasteiger partial charge in [-0.25, -0.2) is 0 Å². The monoisotopic (exact) mass is 159 g/mol. The van der Waals surface area contributed by atoms with Gasteiger partial charge in [-0.1, -0.05) is 0 Å². The normalized spacial score (nSPS) is 10.8. The smallest absolute Gasteiger partial charge is 0.305 e. The number of nitrogens with one attached hydrogen (secondary N) is 1. The van der Waals surface area contributed by atoms with Gasteiger partial charge >= 0.3 is 5.97 Å². The van der Waals surface area contributed by atoms with Crippen molar-refractivity contribution in [2.24, 2.45) is 0 Å². The topological polar surface area (TPSA) is 66.4 Å². The Bertz CT molecular complexity index is 157. The molecule has 1 amide bonds. The van der Waals surface area contributed by atoms with Gasteiger partial charge in [0.2, 0.25) is 5.91 Å². The molecule has 0 spiro atoms. The van der Waals surface area contributed by atoms with Gasteiger partial charge in [0.1, 0.15) is 0 Å². The standard InChI is InChI=1S/C7H13NO3/c1-5(9)8-7(2,3)4-6(10)11/h4H2,1-3H3,(H,8,9)(H,10,11). The molecule has 0 aliphatic carbocycles. The van der Waals surface area contributed by atoms with Crippen molar-refractivity contribution in [1.82, 2.24) is 5.32 Å². The first-order valence-electron chi connectivity index (χ1n) is 3.34. The van der Waals surface area contributed by atoms with Gasteiger partial charge < -0.3 is 10.4 Å². The third-order valence-corrected chi connectivity index (χ3v) is 1.11. The molecule has 0 aliphatic rings. The van der Waals surface area contributed by atoms with Crippen molar-refractivity contribution in [1.29, 1.82) is 0 Å². The van der Waals surface area contributed by atoms with Crippen LogP contribution in [-0.2, 0) is 9.59 Å². The molecule has 0 aromatic heterocycles. The molecule has 64 valence electrons. The molecule has 0 aromatic carbocycles. The number of carboxylic acids is 1. The molecule has 0 aromatic rings. The van der Waals surface area contributed by atoms with Gasteiger partial charge in [-0.15, -0.1) is 0 Å². The maximum absolute atomic E-state index is 10.5. The van der Waals surface area contributed by atoms with Gasteiger partial charge in [0.25, 0.3) is 0 Å². The zero-order chi connectivity index (χ0) is 9.07. The molecule has 0 bridgehead atoms. The van der Waals surface area contributed by atoms with E-state index in [1.165, 1.54) is 6.92 Å². The Balaban J connectivity index is 3.99. The minimum absolute atomic E-state index is 0.0629. The van der Waals surface area contributed by atoms with E-state index in [9.17, 15) is 9.59 Å². The zero-order valence-corrected chi connectivity index (χ0v) is 6.97. The van der Waals surface area contributed by atoms with Crippen molar-refractivity contribution in [3.8, 4) is 0 Å². The van der Waals surface area contributed by atoms with Crippen LogP contribution < -0.4 is 5.32 Å². The van der Waals surface area contributed by atoms with Crippen LogP contribution in [0.1, 0.15) is 27.2 Å². The quantitative estimate of drug-likeness (QED) is 0.625. The van der Waals surface area contributed by atoms with Crippen molar-refractivity contribution in [2.75, 3.05) is 0 Å². The highest BCUT2D eigenvalue weighted by molar-refractivity contribution is 5.75. The molecule has 11 heavy (non-hydrogen) atoms. The minimum atomic E-state index is -0.913. The molecule has 0 saturated carbocycles. The first-order chi connectivity index (χ1) is 4.83. The molecule has 0 radical (unpaired) electrons. The van der Waals surface area contributed by atoms with E-state index in [2.05, 4.69) is 5.32 Å². The highest BCUT2D eigenvalue weighted by atomic mass is 16.4. The van der Waals surface area contributed by atoms with Gasteiger partial charge in [0, 0.05) is 12.5 Å². The van der Waals surface area contributed by atoms with E-state index in [-0.39, 0.29) is 12.3 Å². The van der Waals surface area contributed by atoms with Crippen LogP contribution in [0.25, 0.3) is 0 Å². The Labute approximate surface area is 65.6 Å². The average molecular weight is 159 g/mol. The summed E-state index contributed by atoms with van der Waals surface area (Å²) >= 11 is 0. The van der Waals surface area contributed by atoms with Crippen LogP contribution in [0.2, 0.25) is 0 Å². The fourth-order valence-electron chi connectivity index (χ4n) is 0.899. The maximum atomic E-state index is 10.5. The Morgan fingerprint density at radius 1 is 1.45 bits per heavy atom. The van der Waals surface area contributed by atoms with Crippen molar-refractivity contribution < 1.29 is 14.7 Å². The van der Waals surface area contributed by atoms with E-state index >= 15 is 0 Å². The Kier molecular flexibility index (Phi) is 3.04. The van der Waals surface area contributed by atoms with Crippen LogP contribution in [-0.4, -0.2) is 22.5 Å². The number of amides is 1. The number of carbonyl (C=O) groups is 2. The summed E-state index contributed by atoms with van der Waals surface area (Å²) in [6.07, 6.45) is -0.0629. The summed E-state index contributed by atoms with van der Waals surface area (Å²) in [6.45, 7) is 4.70. The molecule has 0 aliphatic heterocycles. The van der Waals surface area contributed by atoms with Gasteiger partial charge in [0.15, 0.2) is 0 Å². The minimum Gasteiger partial charge on any atom is -0.481 e. The molecule has 4 heteroatoms. The molecular weight excluding hydrogens is 146 g/mol. The predicted octanol–water partition coefficient (Wildman–Crippen LogP) is 0.376. The maximum Gasteiger partial charge on any atom is 0.305 e. The van der Waals surface area contributed by atoms with Crippen LogP contribution in [0.5, 0.6) is 0 Å². The van der Waals surface area contributed by atoms with E-state index in [1.807, 2.05) is 0 Å². The molecule has 0 saturated heterocycles. The first kappa shape index (κ1) is 9.94. The summed E-state index contributed by atoms with van der Waals surface area (Å²) in [6, 6.07) is 0. The van der Waals surface area contributed by atoms with E-state index < -0.39 is 11.5 Å². The van der Waals surface area contributed by atoms with Gasteiger partial charge in [0.05, 0.1) is 6.42 Å². The van der Waals surface area contributed by atoms with Crippen LogP contribution in [0.4, 0.5) is 0 Å². The lowest BCUT2D eigenvalue weighted by Gasteiger charge is -2.22. The predicted molar refractivity (Wildman–Crippen MR) is 40.1 cm³/mol. The summed E-state index contributed by atoms with van der Waals surface area (Å²) < 4.78 is 0. The fraction of sp³-hybridized carbons (Fsp3) is 0.714. The number of hydrogen-bond donors (Lipinski definition) is 2. The summed E-state index contributed by atoms with van der Waals surface area (Å²) in [7, 11) is 0. The second kappa shape index (κ2) is 3.37. The summed E-state index contributed by atoms with van der Waals surface area (Å²) in [5.41, 5.74) is -0.655. The number of carbonyl (C=O) groups excluding carboxylic acids is 1. The number of carboxylic acid groups (broad SMARTS) is 1. The number of hydrogen-bond acceptors (Lipinski definition) is 2. The molecule has 4 nitrogen and oxygen atoms in total. The van der Waals surface area contributed by atoms with Crippen LogP contribution in [0.3, 0.4) is 0 Å². The molecule has 0 heterocycles. The van der Waals surface area contributed by atoms with E-state index in [4.69, 9.17) is 5.11 Å². The van der Waals surface area contributed by atoms with Crippen LogP contribution >= 0.6 is 0 Å². The summed E-state index contributed by atoms with van der Waals surface area (Å²) in [5, 5.41) is 10.9. The Hall–Kier alpha value is -1.06. The van der Waals surface area contributed by atoms with Crippen molar-refractivity contribution in [2.45, 2.75) is 32.7 Å². The summed E-state index contributed by atoms with van der Waals surface area (Å²) in [4.78, 5) is 20.8. The van der Waals surface area contributed by atoms with Gasteiger partial charge in [-0.2, -0.15) is 0 Å². The molecular formula is C7H13NO3. The third kappa shape index (κ3) is 5.39. The Morgan fingerprint density at radius 2 is 1.91 bits per heavy atom. The van der Waals surface area contributed by atoms with Crippen molar-refractivity contribution in [3.05, 3.63) is 0 Å². The molecule has 0 rings (SSSR count). The zero-order valence-electron chi connectivity index (χ0n) is 6.97. The molecule has 0 fully saturated rings. The van der Waals surface area contributed by atoms with E-state index in [1.54, 1.807) is 13.8 Å². The lowest BCUT2D eigenvalue weighted by atomic mass is 10.0. The highest BCUT2D eigenvalue weighted by Gasteiger charge is 2.21. The Morgan fingerprint density at radius 3 is 2.18 bits per heavy atom. The fourth-order valence-corrected chi connectivity index (χ4v) is 0.899. The first-order valence-corrected chi connectivity index (χ1v) is 3.34. The van der Waals surface area contributed by atoms with Crippen molar-refractivity contribution in [3.63, 3.8) is 0 Å². The lowest BCUT2D eigenvalue weighted by molar-refractivity contribution is -0.138. The molecule has 0 unspecified atom stereocenters.